The largest absolute Gasteiger partial charge is 0.356 e. The van der Waals surface area contributed by atoms with Gasteiger partial charge in [-0.05, 0) is 51.5 Å². The summed E-state index contributed by atoms with van der Waals surface area (Å²) in [6.07, 6.45) is 5.91. The molecule has 2 aromatic heterocycles. The van der Waals surface area contributed by atoms with Crippen molar-refractivity contribution in [2.75, 3.05) is 25.0 Å². The molecule has 1 N–H and O–H groups in total. The first-order valence-electron chi connectivity index (χ1n) is 9.68. The molecule has 1 saturated carbocycles. The summed E-state index contributed by atoms with van der Waals surface area (Å²) in [6.45, 7) is 7.80. The summed E-state index contributed by atoms with van der Waals surface area (Å²) >= 11 is 2.27. The Morgan fingerprint density at radius 1 is 1.29 bits per heavy atom. The number of hydrogen-bond donors (Lipinski definition) is 1. The average Bonchev–Trinajstić information content (AvgIpc) is 3.31. The van der Waals surface area contributed by atoms with E-state index in [0.717, 1.165) is 42.8 Å². The number of aromatic nitrogens is 3. The lowest BCUT2D eigenvalue weighted by molar-refractivity contribution is 0.195. The number of carbonyl (C=O) groups excluding carboxylic acids is 1. The Morgan fingerprint density at radius 2 is 1.96 bits per heavy atom. The van der Waals surface area contributed by atoms with Crippen molar-refractivity contribution in [2.45, 2.75) is 45.2 Å². The number of nitrogens with zero attached hydrogens (tertiary/aromatic N) is 5. The van der Waals surface area contributed by atoms with Crippen LogP contribution in [0.25, 0.3) is 11.0 Å². The molecule has 28 heavy (non-hydrogen) atoms. The third-order valence-electron chi connectivity index (χ3n) is 5.88. The summed E-state index contributed by atoms with van der Waals surface area (Å²) < 4.78 is 2.06. The number of hydrogen-bond acceptors (Lipinski definition) is 5. The lowest BCUT2D eigenvalue weighted by atomic mass is 10.0. The molecule has 1 aliphatic heterocycles. The second-order valence-corrected chi connectivity index (χ2v) is 10.7. The van der Waals surface area contributed by atoms with Gasteiger partial charge in [0.2, 0.25) is 0 Å². The monoisotopic (exact) mass is 514 g/mol. The van der Waals surface area contributed by atoms with Crippen LogP contribution in [0.15, 0.2) is 18.6 Å². The maximum atomic E-state index is 12.5. The molecule has 9 heteroatoms. The Hall–Kier alpha value is -1.23. The molecule has 2 aromatic rings. The Morgan fingerprint density at radius 3 is 2.57 bits per heavy atom. The van der Waals surface area contributed by atoms with E-state index in [4.69, 9.17) is 0 Å². The van der Waals surface area contributed by atoms with Gasteiger partial charge in [0.1, 0.15) is 12.1 Å². The lowest BCUT2D eigenvalue weighted by Crippen LogP contribution is -2.48. The van der Waals surface area contributed by atoms with E-state index in [1.54, 1.807) is 15.4 Å². The molecule has 3 atom stereocenters. The summed E-state index contributed by atoms with van der Waals surface area (Å²) in [6, 6.07) is 2.62. The molecule has 2 fully saturated rings. The van der Waals surface area contributed by atoms with Crippen molar-refractivity contribution in [1.82, 2.24) is 24.2 Å². The lowest BCUT2D eigenvalue weighted by Gasteiger charge is -2.29. The third-order valence-corrected chi connectivity index (χ3v) is 7.60. The van der Waals surface area contributed by atoms with Gasteiger partial charge in [-0.2, -0.15) is 0 Å². The van der Waals surface area contributed by atoms with Crippen molar-refractivity contribution < 1.29 is 4.79 Å². The van der Waals surface area contributed by atoms with Crippen LogP contribution in [0.1, 0.15) is 33.6 Å². The smallest absolute Gasteiger partial charge is 0.317 e. The van der Waals surface area contributed by atoms with Crippen LogP contribution in [-0.2, 0) is 0 Å². The van der Waals surface area contributed by atoms with Crippen LogP contribution in [0.2, 0.25) is 0 Å². The molecule has 3 heterocycles. The fourth-order valence-electron chi connectivity index (χ4n) is 4.57. The number of carbonyl (C=O) groups is 1. The average molecular weight is 514 g/mol. The predicted molar refractivity (Wildman–Crippen MR) is 123 cm³/mol. The van der Waals surface area contributed by atoms with E-state index < -0.39 is 0 Å². The number of urea groups is 1. The van der Waals surface area contributed by atoms with Crippen LogP contribution in [0, 0.1) is 11.8 Å². The standard InChI is InChI=1S/C19H27IN6OS/c1-19(2,3)23-18(27)25-9-12-7-14(8-13(12)10-25)24(4)16-15-5-6-26(28-20)17(15)22-11-21-16/h5-6,11-14H,7-10H2,1-4H3,(H,23,27)/t12-,13+,14+. The van der Waals surface area contributed by atoms with Crippen LogP contribution in [0.3, 0.4) is 0 Å². The van der Waals surface area contributed by atoms with Crippen LogP contribution in [0.4, 0.5) is 10.6 Å². The van der Waals surface area contributed by atoms with E-state index in [9.17, 15) is 4.79 Å². The number of anilines is 1. The van der Waals surface area contributed by atoms with Crippen LogP contribution < -0.4 is 10.2 Å². The highest BCUT2D eigenvalue weighted by atomic mass is 127. The molecular weight excluding hydrogens is 487 g/mol. The van der Waals surface area contributed by atoms with Gasteiger partial charge in [-0.3, -0.25) is 3.97 Å². The summed E-state index contributed by atoms with van der Waals surface area (Å²) in [7, 11) is 3.76. The Bertz CT molecular complexity index is 867. The summed E-state index contributed by atoms with van der Waals surface area (Å²) in [5, 5.41) is 4.19. The second-order valence-electron chi connectivity index (χ2n) is 8.99. The van der Waals surface area contributed by atoms with Gasteiger partial charge in [-0.25, -0.2) is 14.8 Å². The van der Waals surface area contributed by atoms with Crippen molar-refractivity contribution >= 4 is 53.2 Å². The molecule has 0 unspecified atom stereocenters. The molecule has 152 valence electrons. The molecule has 0 bridgehead atoms. The molecular formula is C19H27IN6OS. The fraction of sp³-hybridized carbons (Fsp3) is 0.632. The van der Waals surface area contributed by atoms with Gasteiger partial charge in [0, 0.05) is 68.2 Å². The van der Waals surface area contributed by atoms with Crippen LogP contribution >= 0.6 is 30.3 Å². The number of rotatable bonds is 3. The highest BCUT2D eigenvalue weighted by Crippen LogP contribution is 2.41. The van der Waals surface area contributed by atoms with E-state index in [1.807, 2.05) is 31.9 Å². The molecule has 0 radical (unpaired) electrons. The van der Waals surface area contributed by atoms with E-state index in [0.29, 0.717) is 17.9 Å². The zero-order valence-electron chi connectivity index (χ0n) is 16.7. The number of amides is 2. The van der Waals surface area contributed by atoms with Gasteiger partial charge in [-0.1, -0.05) is 0 Å². The van der Waals surface area contributed by atoms with Crippen LogP contribution in [-0.4, -0.2) is 56.6 Å². The minimum absolute atomic E-state index is 0.0713. The van der Waals surface area contributed by atoms with Crippen molar-refractivity contribution in [3.05, 3.63) is 18.6 Å². The minimum atomic E-state index is -0.192. The summed E-state index contributed by atoms with van der Waals surface area (Å²) in [4.78, 5) is 25.8. The van der Waals surface area contributed by atoms with E-state index in [1.165, 1.54) is 0 Å². The van der Waals surface area contributed by atoms with Gasteiger partial charge < -0.3 is 15.1 Å². The zero-order chi connectivity index (χ0) is 20.1. The number of likely N-dealkylation sites (tertiary alicyclic amines) is 1. The molecule has 2 aliphatic rings. The van der Waals surface area contributed by atoms with Gasteiger partial charge in [0.25, 0.3) is 0 Å². The number of nitrogens with one attached hydrogen (secondary N) is 1. The maximum Gasteiger partial charge on any atom is 0.317 e. The first-order chi connectivity index (χ1) is 13.3. The quantitative estimate of drug-likeness (QED) is 0.629. The summed E-state index contributed by atoms with van der Waals surface area (Å²) in [5.74, 6) is 2.15. The molecule has 4 rings (SSSR count). The molecule has 0 spiro atoms. The van der Waals surface area contributed by atoms with Gasteiger partial charge in [-0.15, -0.1) is 0 Å². The SMILES string of the molecule is CN(c1ncnc2c1ccn2SI)[C@H]1C[C@@H]2CN(C(=O)NC(C)(C)C)C[C@@H]2C1. The molecule has 2 amide bonds. The Labute approximate surface area is 182 Å². The van der Waals surface area contributed by atoms with Gasteiger partial charge in [0.05, 0.1) is 5.39 Å². The van der Waals surface area contributed by atoms with E-state index in [2.05, 4.69) is 58.5 Å². The van der Waals surface area contributed by atoms with Gasteiger partial charge in [0.15, 0.2) is 5.65 Å². The van der Waals surface area contributed by atoms with Crippen molar-refractivity contribution in [1.29, 1.82) is 0 Å². The zero-order valence-corrected chi connectivity index (χ0v) is 19.7. The number of fused-ring (bicyclic) bond motifs is 2. The minimum Gasteiger partial charge on any atom is -0.356 e. The fourth-order valence-corrected chi connectivity index (χ4v) is 5.85. The highest BCUT2D eigenvalue weighted by molar-refractivity contribution is 14.2. The second kappa shape index (κ2) is 7.55. The topological polar surface area (TPSA) is 66.3 Å². The predicted octanol–water partition coefficient (Wildman–Crippen LogP) is 3.93. The Balaban J connectivity index is 1.44. The Kier molecular flexibility index (Phi) is 5.41. The normalized spacial score (nSPS) is 24.6. The third kappa shape index (κ3) is 3.79. The van der Waals surface area contributed by atoms with Crippen molar-refractivity contribution in [3.63, 3.8) is 0 Å². The maximum absolute atomic E-state index is 12.5. The molecule has 1 saturated heterocycles. The molecule has 1 aliphatic carbocycles. The molecule has 0 aromatic carbocycles. The highest BCUT2D eigenvalue weighted by Gasteiger charge is 2.44. The van der Waals surface area contributed by atoms with Crippen molar-refractivity contribution in [2.24, 2.45) is 11.8 Å². The molecule has 7 nitrogen and oxygen atoms in total. The van der Waals surface area contributed by atoms with Crippen molar-refractivity contribution in [3.8, 4) is 0 Å². The summed E-state index contributed by atoms with van der Waals surface area (Å²) in [5.41, 5.74) is 0.766. The van der Waals surface area contributed by atoms with Crippen LogP contribution in [0.5, 0.6) is 0 Å². The van der Waals surface area contributed by atoms with E-state index in [-0.39, 0.29) is 11.6 Å². The first-order valence-corrected chi connectivity index (χ1v) is 13.0. The van der Waals surface area contributed by atoms with Gasteiger partial charge >= 0.3 is 6.03 Å². The number of halogens is 1. The van der Waals surface area contributed by atoms with E-state index >= 15 is 0 Å². The first kappa shape index (κ1) is 20.1.